The van der Waals surface area contributed by atoms with E-state index in [0.29, 0.717) is 18.7 Å². The SMILES string of the molecule is Cn1nncc1CN[C@H]1CCCN(Cc2ccc(F)cc2F)C1=O. The molecule has 0 aliphatic carbocycles. The van der Waals surface area contributed by atoms with E-state index in [2.05, 4.69) is 15.6 Å². The Morgan fingerprint density at radius 2 is 2.21 bits per heavy atom. The maximum Gasteiger partial charge on any atom is 0.240 e. The molecular weight excluding hydrogens is 316 g/mol. The van der Waals surface area contributed by atoms with Crippen LogP contribution in [0, 0.1) is 11.6 Å². The Balaban J connectivity index is 1.63. The van der Waals surface area contributed by atoms with Gasteiger partial charge >= 0.3 is 0 Å². The van der Waals surface area contributed by atoms with E-state index >= 15 is 0 Å². The second kappa shape index (κ2) is 7.04. The predicted octanol–water partition coefficient (Wildman–Crippen LogP) is 1.37. The number of carbonyl (C=O) groups is 1. The summed E-state index contributed by atoms with van der Waals surface area (Å²) in [5.41, 5.74) is 1.20. The van der Waals surface area contributed by atoms with E-state index in [9.17, 15) is 13.6 Å². The fourth-order valence-corrected chi connectivity index (χ4v) is 2.84. The highest BCUT2D eigenvalue weighted by Crippen LogP contribution is 2.18. The zero-order valence-corrected chi connectivity index (χ0v) is 13.4. The first-order valence-electron chi connectivity index (χ1n) is 7.84. The smallest absolute Gasteiger partial charge is 0.240 e. The molecule has 0 radical (unpaired) electrons. The molecule has 1 aromatic carbocycles. The van der Waals surface area contributed by atoms with Crippen LogP contribution in [0.15, 0.2) is 24.4 Å². The first kappa shape index (κ1) is 16.5. The molecule has 1 aliphatic heterocycles. The van der Waals surface area contributed by atoms with E-state index < -0.39 is 11.6 Å². The van der Waals surface area contributed by atoms with Gasteiger partial charge in [-0.2, -0.15) is 0 Å². The molecule has 1 fully saturated rings. The van der Waals surface area contributed by atoms with Gasteiger partial charge in [-0.05, 0) is 18.9 Å². The molecular formula is C16H19F2N5O. The highest BCUT2D eigenvalue weighted by atomic mass is 19.1. The van der Waals surface area contributed by atoms with Gasteiger partial charge in [-0.25, -0.2) is 8.78 Å². The van der Waals surface area contributed by atoms with Gasteiger partial charge in [0.2, 0.25) is 5.91 Å². The van der Waals surface area contributed by atoms with Gasteiger partial charge in [0.05, 0.1) is 17.9 Å². The van der Waals surface area contributed by atoms with Crippen molar-refractivity contribution in [3.63, 3.8) is 0 Å². The number of amides is 1. The zero-order chi connectivity index (χ0) is 17.1. The van der Waals surface area contributed by atoms with Crippen molar-refractivity contribution < 1.29 is 13.6 Å². The second-order valence-corrected chi connectivity index (χ2v) is 5.92. The van der Waals surface area contributed by atoms with Crippen LogP contribution in [0.5, 0.6) is 0 Å². The number of hydrogen-bond donors (Lipinski definition) is 1. The van der Waals surface area contributed by atoms with E-state index in [1.165, 1.54) is 12.1 Å². The third kappa shape index (κ3) is 3.59. The molecule has 1 saturated heterocycles. The summed E-state index contributed by atoms with van der Waals surface area (Å²) < 4.78 is 28.4. The standard InChI is InChI=1S/C16H19F2N5O/c1-22-13(9-20-21-22)8-19-15-3-2-6-23(16(15)24)10-11-4-5-12(17)7-14(11)18/h4-5,7,9,15,19H,2-3,6,8,10H2,1H3/t15-/m0/s1. The molecule has 0 spiro atoms. The Labute approximate surface area is 138 Å². The van der Waals surface area contributed by atoms with Crippen LogP contribution < -0.4 is 5.32 Å². The molecule has 6 nitrogen and oxygen atoms in total. The van der Waals surface area contributed by atoms with Crippen molar-refractivity contribution >= 4 is 5.91 Å². The normalized spacial score (nSPS) is 18.2. The molecule has 128 valence electrons. The number of carbonyl (C=O) groups excluding carboxylic acids is 1. The van der Waals surface area contributed by atoms with Crippen LogP contribution in [0.1, 0.15) is 24.1 Å². The van der Waals surface area contributed by atoms with E-state index in [0.717, 1.165) is 24.6 Å². The van der Waals surface area contributed by atoms with E-state index in [1.54, 1.807) is 22.8 Å². The van der Waals surface area contributed by atoms with Crippen molar-refractivity contribution in [2.24, 2.45) is 7.05 Å². The molecule has 1 N–H and O–H groups in total. The largest absolute Gasteiger partial charge is 0.337 e. The lowest BCUT2D eigenvalue weighted by molar-refractivity contribution is -0.136. The van der Waals surface area contributed by atoms with Crippen molar-refractivity contribution in [3.05, 3.63) is 47.3 Å². The number of benzene rings is 1. The molecule has 0 unspecified atom stereocenters. The van der Waals surface area contributed by atoms with E-state index in [4.69, 9.17) is 0 Å². The first-order valence-corrected chi connectivity index (χ1v) is 7.84. The monoisotopic (exact) mass is 335 g/mol. The Morgan fingerprint density at radius 1 is 1.38 bits per heavy atom. The molecule has 0 saturated carbocycles. The van der Waals surface area contributed by atoms with E-state index in [-0.39, 0.29) is 18.5 Å². The maximum absolute atomic E-state index is 13.8. The average Bonchev–Trinajstić information content (AvgIpc) is 2.96. The Morgan fingerprint density at radius 3 is 2.92 bits per heavy atom. The molecule has 1 aromatic heterocycles. The number of rotatable bonds is 5. The number of nitrogens with one attached hydrogen (secondary N) is 1. The lowest BCUT2D eigenvalue weighted by Gasteiger charge is -2.33. The zero-order valence-electron chi connectivity index (χ0n) is 13.4. The lowest BCUT2D eigenvalue weighted by atomic mass is 10.0. The Bertz CT molecular complexity index is 733. The number of aryl methyl sites for hydroxylation is 1. The van der Waals surface area contributed by atoms with Crippen molar-refractivity contribution in [2.75, 3.05) is 6.54 Å². The minimum Gasteiger partial charge on any atom is -0.337 e. The average molecular weight is 335 g/mol. The minimum absolute atomic E-state index is 0.0693. The van der Waals surface area contributed by atoms with Crippen LogP contribution in [0.2, 0.25) is 0 Å². The highest BCUT2D eigenvalue weighted by Gasteiger charge is 2.29. The number of piperidine rings is 1. The highest BCUT2D eigenvalue weighted by molar-refractivity contribution is 5.82. The molecule has 1 aliphatic rings. The summed E-state index contributed by atoms with van der Waals surface area (Å²) in [6, 6.07) is 3.11. The van der Waals surface area contributed by atoms with Crippen molar-refractivity contribution in [2.45, 2.75) is 32.0 Å². The first-order chi connectivity index (χ1) is 11.5. The summed E-state index contributed by atoms with van der Waals surface area (Å²) in [6.07, 6.45) is 3.20. The molecule has 3 rings (SSSR count). The summed E-state index contributed by atoms with van der Waals surface area (Å²) in [7, 11) is 1.79. The van der Waals surface area contributed by atoms with Gasteiger partial charge < -0.3 is 10.2 Å². The van der Waals surface area contributed by atoms with Crippen molar-refractivity contribution in [1.29, 1.82) is 0 Å². The van der Waals surface area contributed by atoms with E-state index in [1.807, 2.05) is 0 Å². The minimum atomic E-state index is -0.626. The van der Waals surface area contributed by atoms with Gasteiger partial charge in [0.25, 0.3) is 0 Å². The number of hydrogen-bond acceptors (Lipinski definition) is 4. The van der Waals surface area contributed by atoms with Crippen LogP contribution in [-0.4, -0.2) is 38.4 Å². The second-order valence-electron chi connectivity index (χ2n) is 5.92. The van der Waals surface area contributed by atoms with Crippen molar-refractivity contribution in [3.8, 4) is 0 Å². The molecule has 0 bridgehead atoms. The summed E-state index contributed by atoms with van der Waals surface area (Å²) in [5, 5.41) is 10.9. The molecule has 1 atom stereocenters. The Hall–Kier alpha value is -2.35. The van der Waals surface area contributed by atoms with Gasteiger partial charge in [-0.1, -0.05) is 11.3 Å². The topological polar surface area (TPSA) is 63.1 Å². The fraction of sp³-hybridized carbons (Fsp3) is 0.438. The van der Waals surface area contributed by atoms with Gasteiger partial charge in [-0.3, -0.25) is 9.48 Å². The summed E-state index contributed by atoms with van der Waals surface area (Å²) in [6.45, 7) is 1.20. The lowest BCUT2D eigenvalue weighted by Crippen LogP contribution is -2.50. The summed E-state index contributed by atoms with van der Waals surface area (Å²) in [4.78, 5) is 14.2. The number of likely N-dealkylation sites (tertiary alicyclic amines) is 1. The summed E-state index contributed by atoms with van der Waals surface area (Å²) in [5.74, 6) is -1.32. The summed E-state index contributed by atoms with van der Waals surface area (Å²) >= 11 is 0. The van der Waals surface area contributed by atoms with Gasteiger partial charge in [0, 0.05) is 38.3 Å². The van der Waals surface area contributed by atoms with Crippen LogP contribution in [-0.2, 0) is 24.9 Å². The molecule has 1 amide bonds. The third-order valence-electron chi connectivity index (χ3n) is 4.24. The van der Waals surface area contributed by atoms with Crippen LogP contribution in [0.4, 0.5) is 8.78 Å². The molecule has 24 heavy (non-hydrogen) atoms. The van der Waals surface area contributed by atoms with Gasteiger partial charge in [0.1, 0.15) is 11.6 Å². The van der Waals surface area contributed by atoms with Crippen molar-refractivity contribution in [1.82, 2.24) is 25.2 Å². The predicted molar refractivity (Wildman–Crippen MR) is 82.6 cm³/mol. The van der Waals surface area contributed by atoms with Gasteiger partial charge in [-0.15, -0.1) is 5.10 Å². The number of nitrogens with zero attached hydrogens (tertiary/aromatic N) is 4. The third-order valence-corrected chi connectivity index (χ3v) is 4.24. The maximum atomic E-state index is 13.8. The molecule has 2 heterocycles. The van der Waals surface area contributed by atoms with Crippen LogP contribution >= 0.6 is 0 Å². The quantitative estimate of drug-likeness (QED) is 0.897. The molecule has 8 heteroatoms. The fourth-order valence-electron chi connectivity index (χ4n) is 2.84. The Kier molecular flexibility index (Phi) is 4.84. The number of aromatic nitrogens is 3. The number of halogens is 2. The van der Waals surface area contributed by atoms with Crippen LogP contribution in [0.3, 0.4) is 0 Å². The van der Waals surface area contributed by atoms with Crippen LogP contribution in [0.25, 0.3) is 0 Å². The molecule has 2 aromatic rings. The van der Waals surface area contributed by atoms with Gasteiger partial charge in [0.15, 0.2) is 0 Å².